The molecule has 0 aliphatic rings. The molecule has 0 saturated carbocycles. The van der Waals surface area contributed by atoms with Gasteiger partial charge in [0.2, 0.25) is 0 Å². The Kier molecular flexibility index (Phi) is 2.17. The highest BCUT2D eigenvalue weighted by Gasteiger charge is 2.14. The SMILES string of the molecule is NC(=O)c1n[nH]nc1-c1cccc(F)c1. The smallest absolute Gasteiger partial charge is 0.271 e. The van der Waals surface area contributed by atoms with Gasteiger partial charge in [-0.2, -0.15) is 15.4 Å². The summed E-state index contributed by atoms with van der Waals surface area (Å²) in [5.74, 6) is -1.12. The molecule has 0 aliphatic heterocycles. The minimum atomic E-state index is -0.706. The second kappa shape index (κ2) is 3.49. The quantitative estimate of drug-likeness (QED) is 0.758. The number of hydrogen-bond acceptors (Lipinski definition) is 3. The van der Waals surface area contributed by atoms with Gasteiger partial charge < -0.3 is 5.73 Å². The van der Waals surface area contributed by atoms with Crippen molar-refractivity contribution in [2.45, 2.75) is 0 Å². The van der Waals surface area contributed by atoms with Crippen LogP contribution in [0.1, 0.15) is 10.5 Å². The zero-order chi connectivity index (χ0) is 10.8. The van der Waals surface area contributed by atoms with Crippen molar-refractivity contribution in [2.24, 2.45) is 5.73 Å². The molecule has 76 valence electrons. The first-order chi connectivity index (χ1) is 7.18. The van der Waals surface area contributed by atoms with Gasteiger partial charge >= 0.3 is 0 Å². The van der Waals surface area contributed by atoms with E-state index in [1.807, 2.05) is 0 Å². The Bertz CT molecular complexity index is 508. The molecule has 1 aromatic carbocycles. The van der Waals surface area contributed by atoms with Crippen molar-refractivity contribution in [3.8, 4) is 11.3 Å². The van der Waals surface area contributed by atoms with Gasteiger partial charge in [-0.3, -0.25) is 4.79 Å². The summed E-state index contributed by atoms with van der Waals surface area (Å²) in [6.07, 6.45) is 0. The summed E-state index contributed by atoms with van der Waals surface area (Å²) in [5, 5.41) is 9.61. The molecule has 5 nitrogen and oxygen atoms in total. The van der Waals surface area contributed by atoms with Gasteiger partial charge in [-0.15, -0.1) is 0 Å². The zero-order valence-corrected chi connectivity index (χ0v) is 7.57. The molecular formula is C9H7FN4O. The lowest BCUT2D eigenvalue weighted by Crippen LogP contribution is -2.12. The number of halogens is 1. The second-order valence-electron chi connectivity index (χ2n) is 2.90. The predicted octanol–water partition coefficient (Wildman–Crippen LogP) is 0.710. The normalized spacial score (nSPS) is 10.2. The number of amides is 1. The van der Waals surface area contributed by atoms with E-state index in [0.717, 1.165) is 0 Å². The molecule has 0 atom stereocenters. The Morgan fingerprint density at radius 2 is 2.20 bits per heavy atom. The van der Waals surface area contributed by atoms with Crippen molar-refractivity contribution in [2.75, 3.05) is 0 Å². The van der Waals surface area contributed by atoms with Gasteiger partial charge in [0.15, 0.2) is 5.69 Å². The minimum absolute atomic E-state index is 0.000556. The number of carbonyl (C=O) groups excluding carboxylic acids is 1. The van der Waals surface area contributed by atoms with Crippen molar-refractivity contribution in [1.29, 1.82) is 0 Å². The highest BCUT2D eigenvalue weighted by Crippen LogP contribution is 2.19. The first-order valence-electron chi connectivity index (χ1n) is 4.15. The van der Waals surface area contributed by atoms with E-state index >= 15 is 0 Å². The molecule has 1 aromatic heterocycles. The first kappa shape index (κ1) is 9.32. The van der Waals surface area contributed by atoms with Crippen LogP contribution in [0.25, 0.3) is 11.3 Å². The fourth-order valence-electron chi connectivity index (χ4n) is 1.24. The molecule has 0 radical (unpaired) electrons. The molecule has 1 amide bonds. The lowest BCUT2D eigenvalue weighted by atomic mass is 10.1. The number of nitrogens with one attached hydrogen (secondary N) is 1. The molecule has 0 saturated heterocycles. The molecule has 0 bridgehead atoms. The van der Waals surface area contributed by atoms with Crippen molar-refractivity contribution in [3.63, 3.8) is 0 Å². The molecule has 0 unspecified atom stereocenters. The average molecular weight is 206 g/mol. The number of rotatable bonds is 2. The fraction of sp³-hybridized carbons (Fsp3) is 0. The van der Waals surface area contributed by atoms with Crippen LogP contribution < -0.4 is 5.73 Å². The van der Waals surface area contributed by atoms with Gasteiger partial charge in [0, 0.05) is 5.56 Å². The monoisotopic (exact) mass is 206 g/mol. The Balaban J connectivity index is 2.54. The molecule has 0 spiro atoms. The largest absolute Gasteiger partial charge is 0.364 e. The molecule has 2 aromatic rings. The van der Waals surface area contributed by atoms with Crippen LogP contribution in [0.5, 0.6) is 0 Å². The topological polar surface area (TPSA) is 84.7 Å². The van der Waals surface area contributed by atoms with Gasteiger partial charge in [-0.1, -0.05) is 12.1 Å². The third-order valence-electron chi connectivity index (χ3n) is 1.88. The molecule has 1 heterocycles. The van der Waals surface area contributed by atoms with E-state index in [0.29, 0.717) is 5.56 Å². The number of primary amides is 1. The van der Waals surface area contributed by atoms with Gasteiger partial charge in [-0.25, -0.2) is 4.39 Å². The molecule has 6 heteroatoms. The van der Waals surface area contributed by atoms with Gasteiger partial charge in [0.1, 0.15) is 11.5 Å². The molecule has 2 rings (SSSR count). The number of aromatic amines is 1. The Labute approximate surface area is 84.1 Å². The number of nitrogens with two attached hydrogens (primary N) is 1. The van der Waals surface area contributed by atoms with Crippen LogP contribution in [-0.2, 0) is 0 Å². The number of carbonyl (C=O) groups is 1. The fourth-order valence-corrected chi connectivity index (χ4v) is 1.24. The molecule has 0 aliphatic carbocycles. The number of aromatic nitrogens is 3. The second-order valence-corrected chi connectivity index (χ2v) is 2.90. The van der Waals surface area contributed by atoms with Crippen molar-refractivity contribution < 1.29 is 9.18 Å². The van der Waals surface area contributed by atoms with Crippen LogP contribution in [0, 0.1) is 5.82 Å². The van der Waals surface area contributed by atoms with Crippen molar-refractivity contribution in [1.82, 2.24) is 15.4 Å². The number of benzene rings is 1. The Morgan fingerprint density at radius 1 is 1.40 bits per heavy atom. The van der Waals surface area contributed by atoms with Gasteiger partial charge in [0.25, 0.3) is 5.91 Å². The van der Waals surface area contributed by atoms with Crippen LogP contribution in [0.2, 0.25) is 0 Å². The van der Waals surface area contributed by atoms with E-state index in [9.17, 15) is 9.18 Å². The summed E-state index contributed by atoms with van der Waals surface area (Å²) in [6, 6.07) is 5.69. The number of H-pyrrole nitrogens is 1. The minimum Gasteiger partial charge on any atom is -0.364 e. The summed E-state index contributed by atoms with van der Waals surface area (Å²) in [6.45, 7) is 0. The van der Waals surface area contributed by atoms with Gasteiger partial charge in [-0.05, 0) is 12.1 Å². The maximum atomic E-state index is 12.9. The van der Waals surface area contributed by atoms with Crippen LogP contribution in [-0.4, -0.2) is 21.3 Å². The maximum Gasteiger partial charge on any atom is 0.271 e. The molecular weight excluding hydrogens is 199 g/mol. The molecule has 0 fully saturated rings. The molecule has 15 heavy (non-hydrogen) atoms. The average Bonchev–Trinajstić information content (AvgIpc) is 2.65. The number of hydrogen-bond donors (Lipinski definition) is 2. The summed E-state index contributed by atoms with van der Waals surface area (Å²) in [7, 11) is 0. The van der Waals surface area contributed by atoms with Crippen LogP contribution in [0.3, 0.4) is 0 Å². The van der Waals surface area contributed by atoms with E-state index < -0.39 is 11.7 Å². The van der Waals surface area contributed by atoms with E-state index in [2.05, 4.69) is 15.4 Å². The van der Waals surface area contributed by atoms with Crippen molar-refractivity contribution in [3.05, 3.63) is 35.8 Å². The van der Waals surface area contributed by atoms with E-state index in [1.54, 1.807) is 6.07 Å². The maximum absolute atomic E-state index is 12.9. The highest BCUT2D eigenvalue weighted by atomic mass is 19.1. The third-order valence-corrected chi connectivity index (χ3v) is 1.88. The highest BCUT2D eigenvalue weighted by molar-refractivity contribution is 5.96. The first-order valence-corrected chi connectivity index (χ1v) is 4.15. The van der Waals surface area contributed by atoms with Gasteiger partial charge in [0.05, 0.1) is 0 Å². The van der Waals surface area contributed by atoms with Crippen LogP contribution >= 0.6 is 0 Å². The number of nitrogens with zero attached hydrogens (tertiary/aromatic N) is 2. The summed E-state index contributed by atoms with van der Waals surface area (Å²) < 4.78 is 12.9. The standard InChI is InChI=1S/C9H7FN4O/c10-6-3-1-2-5(4-6)7-8(9(11)15)13-14-12-7/h1-4H,(H2,11,15)(H,12,13,14). The predicted molar refractivity (Wildman–Crippen MR) is 50.3 cm³/mol. The zero-order valence-electron chi connectivity index (χ0n) is 7.57. The molecule has 3 N–H and O–H groups in total. The Morgan fingerprint density at radius 3 is 2.87 bits per heavy atom. The van der Waals surface area contributed by atoms with Crippen LogP contribution in [0.15, 0.2) is 24.3 Å². The summed E-state index contributed by atoms with van der Waals surface area (Å²) in [5.41, 5.74) is 5.79. The lowest BCUT2D eigenvalue weighted by Gasteiger charge is -1.97. The third kappa shape index (κ3) is 1.69. The van der Waals surface area contributed by atoms with E-state index in [-0.39, 0.29) is 11.4 Å². The lowest BCUT2D eigenvalue weighted by molar-refractivity contribution is 0.0996. The van der Waals surface area contributed by atoms with E-state index in [4.69, 9.17) is 5.73 Å². The van der Waals surface area contributed by atoms with Crippen LogP contribution in [0.4, 0.5) is 4.39 Å². The van der Waals surface area contributed by atoms with Crippen molar-refractivity contribution >= 4 is 5.91 Å². The summed E-state index contributed by atoms with van der Waals surface area (Å²) in [4.78, 5) is 10.9. The van der Waals surface area contributed by atoms with E-state index in [1.165, 1.54) is 18.2 Å². The Hall–Kier alpha value is -2.24. The summed E-state index contributed by atoms with van der Waals surface area (Å²) >= 11 is 0.